The molecule has 1 amide bonds. The number of aliphatic hydroxyl groups excluding tert-OH is 1. The van der Waals surface area contributed by atoms with Crippen LogP contribution in [0.2, 0.25) is 5.02 Å². The highest BCUT2D eigenvalue weighted by Crippen LogP contribution is 2.24. The number of aromatic nitrogens is 3. The molecule has 0 saturated carbocycles. The zero-order valence-corrected chi connectivity index (χ0v) is 24.5. The molecule has 1 aromatic heterocycles. The smallest absolute Gasteiger partial charge is 0.337 e. The van der Waals surface area contributed by atoms with E-state index >= 15 is 0 Å². The first kappa shape index (κ1) is 31.9. The molecule has 230 valence electrons. The van der Waals surface area contributed by atoms with Crippen LogP contribution in [0, 0.1) is 0 Å². The molecule has 0 fully saturated rings. The SMILES string of the molecule is CC(=O)OCOC(=O)C(O)CC(Cc1ccc(-c2cccc(Cl)c2)cc1)NC(=O)c1ccc2nnn(OCOC(C)=O)c2c1. The largest absolute Gasteiger partial charge is 0.428 e. The van der Waals surface area contributed by atoms with Crippen molar-refractivity contribution in [1.29, 1.82) is 0 Å². The topological polar surface area (TPSA) is 168 Å². The minimum atomic E-state index is -1.62. The number of benzene rings is 3. The Morgan fingerprint density at radius 3 is 2.34 bits per heavy atom. The monoisotopic (exact) mass is 624 g/mol. The van der Waals surface area contributed by atoms with Crippen LogP contribution < -0.4 is 10.2 Å². The molecule has 14 heteroatoms. The highest BCUT2D eigenvalue weighted by Gasteiger charge is 2.25. The van der Waals surface area contributed by atoms with Crippen molar-refractivity contribution in [2.45, 2.75) is 38.8 Å². The van der Waals surface area contributed by atoms with E-state index in [1.807, 2.05) is 42.5 Å². The zero-order valence-electron chi connectivity index (χ0n) is 23.8. The van der Waals surface area contributed by atoms with Gasteiger partial charge in [-0.25, -0.2) is 4.79 Å². The Kier molecular flexibility index (Phi) is 10.8. The van der Waals surface area contributed by atoms with Gasteiger partial charge in [0, 0.05) is 36.9 Å². The molecule has 0 spiro atoms. The zero-order chi connectivity index (χ0) is 31.6. The normalized spacial score (nSPS) is 12.2. The summed E-state index contributed by atoms with van der Waals surface area (Å²) in [6.07, 6.45) is -1.57. The lowest BCUT2D eigenvalue weighted by Crippen LogP contribution is -2.41. The molecule has 0 aliphatic rings. The van der Waals surface area contributed by atoms with Gasteiger partial charge in [0.2, 0.25) is 6.79 Å². The van der Waals surface area contributed by atoms with Crippen molar-refractivity contribution >= 4 is 46.4 Å². The summed E-state index contributed by atoms with van der Waals surface area (Å²) in [5.41, 5.74) is 3.66. The minimum Gasteiger partial charge on any atom is -0.428 e. The molecule has 0 saturated heterocycles. The maximum atomic E-state index is 13.4. The Morgan fingerprint density at radius 1 is 0.909 bits per heavy atom. The summed E-state index contributed by atoms with van der Waals surface area (Å²) in [4.78, 5) is 54.0. The van der Waals surface area contributed by atoms with Crippen molar-refractivity contribution in [3.8, 4) is 11.1 Å². The first-order chi connectivity index (χ1) is 21.1. The van der Waals surface area contributed by atoms with Gasteiger partial charge in [0.25, 0.3) is 12.7 Å². The van der Waals surface area contributed by atoms with Crippen LogP contribution in [-0.2, 0) is 35.0 Å². The van der Waals surface area contributed by atoms with Gasteiger partial charge in [0.05, 0.1) is 0 Å². The predicted molar refractivity (Wildman–Crippen MR) is 156 cm³/mol. The van der Waals surface area contributed by atoms with Crippen LogP contribution in [0.25, 0.3) is 22.2 Å². The van der Waals surface area contributed by atoms with Crippen LogP contribution in [0.4, 0.5) is 0 Å². The Labute approximate surface area is 256 Å². The Morgan fingerprint density at radius 2 is 1.64 bits per heavy atom. The highest BCUT2D eigenvalue weighted by atomic mass is 35.5. The number of carbonyl (C=O) groups is 4. The maximum Gasteiger partial charge on any atom is 0.337 e. The van der Waals surface area contributed by atoms with Gasteiger partial charge in [-0.1, -0.05) is 52.8 Å². The average Bonchev–Trinajstić information content (AvgIpc) is 3.39. The third-order valence-electron chi connectivity index (χ3n) is 6.29. The van der Waals surface area contributed by atoms with Crippen molar-refractivity contribution in [2.24, 2.45) is 0 Å². The molecule has 2 N–H and O–H groups in total. The quantitative estimate of drug-likeness (QED) is 0.166. The molecule has 0 aliphatic heterocycles. The van der Waals surface area contributed by atoms with Gasteiger partial charge in [0.1, 0.15) is 11.0 Å². The number of esters is 3. The number of aliphatic hydroxyl groups is 1. The van der Waals surface area contributed by atoms with E-state index in [-0.39, 0.29) is 18.4 Å². The fourth-order valence-electron chi connectivity index (χ4n) is 4.17. The summed E-state index contributed by atoms with van der Waals surface area (Å²) in [5.74, 6) is -2.72. The van der Waals surface area contributed by atoms with Gasteiger partial charge in [0.15, 0.2) is 6.10 Å². The molecule has 2 unspecified atom stereocenters. The van der Waals surface area contributed by atoms with Crippen molar-refractivity contribution < 1.29 is 43.3 Å². The number of fused-ring (bicyclic) bond motifs is 1. The van der Waals surface area contributed by atoms with Crippen molar-refractivity contribution in [3.63, 3.8) is 0 Å². The average molecular weight is 625 g/mol. The molecule has 13 nitrogen and oxygen atoms in total. The van der Waals surface area contributed by atoms with E-state index in [0.29, 0.717) is 16.1 Å². The van der Waals surface area contributed by atoms with Crippen LogP contribution in [0.1, 0.15) is 36.2 Å². The standard InChI is InChI=1S/C30H29ClN4O9/c1-18(36)41-16-43-30(40)28(38)15-25(12-20-6-8-21(9-7-20)22-4-3-5-24(31)13-22)32-29(39)23-10-11-26-27(14-23)35(34-33-26)44-17-42-19(2)37/h3-11,13-14,25,28,38H,12,15-17H2,1-2H3,(H,32,39). The van der Waals surface area contributed by atoms with Crippen LogP contribution in [-0.4, -0.2) is 69.8 Å². The van der Waals surface area contributed by atoms with Gasteiger partial charge in [-0.05, 0) is 58.7 Å². The molecule has 2 atom stereocenters. The van der Waals surface area contributed by atoms with Crippen LogP contribution in [0.15, 0.2) is 66.7 Å². The molecule has 0 radical (unpaired) electrons. The second-order valence-corrected chi connectivity index (χ2v) is 10.0. The van der Waals surface area contributed by atoms with Gasteiger partial charge in [-0.3, -0.25) is 14.4 Å². The van der Waals surface area contributed by atoms with E-state index in [9.17, 15) is 24.3 Å². The van der Waals surface area contributed by atoms with Crippen molar-refractivity contribution in [2.75, 3.05) is 13.6 Å². The second kappa shape index (κ2) is 14.9. The number of nitrogens with one attached hydrogen (secondary N) is 1. The lowest BCUT2D eigenvalue weighted by Gasteiger charge is -2.21. The first-order valence-corrected chi connectivity index (χ1v) is 13.7. The number of hydrogen-bond donors (Lipinski definition) is 2. The van der Waals surface area contributed by atoms with Crippen LogP contribution in [0.3, 0.4) is 0 Å². The second-order valence-electron chi connectivity index (χ2n) is 9.60. The van der Waals surface area contributed by atoms with E-state index in [1.165, 1.54) is 19.1 Å². The molecule has 3 aromatic carbocycles. The number of amides is 1. The van der Waals surface area contributed by atoms with Crippen molar-refractivity contribution in [3.05, 3.63) is 82.9 Å². The van der Waals surface area contributed by atoms with E-state index in [4.69, 9.17) is 25.9 Å². The third-order valence-corrected chi connectivity index (χ3v) is 6.52. The lowest BCUT2D eigenvalue weighted by atomic mass is 9.97. The fraction of sp³-hybridized carbons (Fsp3) is 0.267. The summed E-state index contributed by atoms with van der Waals surface area (Å²) in [6, 6.07) is 18.8. The molecule has 4 aromatic rings. The summed E-state index contributed by atoms with van der Waals surface area (Å²) < 4.78 is 14.2. The van der Waals surface area contributed by atoms with Gasteiger partial charge in [-0.2, -0.15) is 0 Å². The summed E-state index contributed by atoms with van der Waals surface area (Å²) in [5, 5.41) is 21.8. The van der Waals surface area contributed by atoms with E-state index in [2.05, 4.69) is 20.4 Å². The summed E-state index contributed by atoms with van der Waals surface area (Å²) in [7, 11) is 0. The van der Waals surface area contributed by atoms with Crippen LogP contribution in [0.5, 0.6) is 0 Å². The van der Waals surface area contributed by atoms with Gasteiger partial charge < -0.3 is 29.5 Å². The van der Waals surface area contributed by atoms with E-state index < -0.39 is 49.5 Å². The summed E-state index contributed by atoms with van der Waals surface area (Å²) in [6.45, 7) is 1.33. The molecule has 4 rings (SSSR count). The van der Waals surface area contributed by atoms with Crippen LogP contribution >= 0.6 is 11.6 Å². The first-order valence-electron chi connectivity index (χ1n) is 13.3. The van der Waals surface area contributed by atoms with Gasteiger partial charge >= 0.3 is 17.9 Å². The van der Waals surface area contributed by atoms with E-state index in [1.54, 1.807) is 12.1 Å². The van der Waals surface area contributed by atoms with Crippen molar-refractivity contribution in [1.82, 2.24) is 20.5 Å². The molecule has 1 heterocycles. The fourth-order valence-corrected chi connectivity index (χ4v) is 4.36. The predicted octanol–water partition coefficient (Wildman–Crippen LogP) is 2.86. The maximum absolute atomic E-state index is 13.4. The molecule has 44 heavy (non-hydrogen) atoms. The number of ether oxygens (including phenoxy) is 3. The molecule has 0 bridgehead atoms. The van der Waals surface area contributed by atoms with E-state index in [0.717, 1.165) is 28.5 Å². The number of rotatable bonds is 13. The Bertz CT molecular complexity index is 1640. The Balaban J connectivity index is 1.51. The number of halogens is 1. The number of hydrogen-bond acceptors (Lipinski definition) is 11. The molecular formula is C30H29ClN4O9. The summed E-state index contributed by atoms with van der Waals surface area (Å²) >= 11 is 6.12. The highest BCUT2D eigenvalue weighted by molar-refractivity contribution is 6.30. The van der Waals surface area contributed by atoms with Gasteiger partial charge in [-0.15, -0.1) is 5.10 Å². The number of nitrogens with zero attached hydrogens (tertiary/aromatic N) is 3. The minimum absolute atomic E-state index is 0.200. The third kappa shape index (κ3) is 8.99. The Hall–Kier alpha value is -5.01. The molecule has 0 aliphatic carbocycles. The molecular weight excluding hydrogens is 596 g/mol. The lowest BCUT2D eigenvalue weighted by molar-refractivity contribution is -0.172. The number of carbonyl (C=O) groups excluding carboxylic acids is 4.